The van der Waals surface area contributed by atoms with Crippen LogP contribution in [0, 0.1) is 0 Å². The van der Waals surface area contributed by atoms with Crippen LogP contribution >= 0.6 is 11.6 Å². The van der Waals surface area contributed by atoms with Crippen LogP contribution in [0.1, 0.15) is 17.8 Å². The number of halogens is 1. The van der Waals surface area contributed by atoms with Gasteiger partial charge in [-0.25, -0.2) is 13.4 Å². The van der Waals surface area contributed by atoms with Gasteiger partial charge < -0.3 is 14.8 Å². The molecular formula is C22H23ClN4O3S. The van der Waals surface area contributed by atoms with Crippen LogP contribution in [0.4, 0.5) is 5.69 Å². The van der Waals surface area contributed by atoms with E-state index in [2.05, 4.69) is 5.32 Å². The van der Waals surface area contributed by atoms with Crippen LogP contribution in [0.5, 0.6) is 0 Å². The lowest BCUT2D eigenvalue weighted by Crippen LogP contribution is -2.61. The topological polar surface area (TPSA) is 84.3 Å². The van der Waals surface area contributed by atoms with E-state index in [1.165, 1.54) is 6.26 Å². The van der Waals surface area contributed by atoms with Gasteiger partial charge in [0.1, 0.15) is 21.1 Å². The molecule has 31 heavy (non-hydrogen) atoms. The number of carbonyl (C=O) groups is 1. The highest BCUT2D eigenvalue weighted by Crippen LogP contribution is 2.44. The number of hydrogen-bond acceptors (Lipinski definition) is 5. The van der Waals surface area contributed by atoms with Gasteiger partial charge in [-0.15, -0.1) is 0 Å². The van der Waals surface area contributed by atoms with Gasteiger partial charge in [-0.2, -0.15) is 0 Å². The average molecular weight is 459 g/mol. The number of nitrogens with one attached hydrogen (secondary N) is 1. The largest absolute Gasteiger partial charge is 0.326 e. The van der Waals surface area contributed by atoms with E-state index in [1.807, 2.05) is 39.8 Å². The maximum absolute atomic E-state index is 13.4. The molecule has 0 atom stereocenters. The molecule has 0 unspecified atom stereocenters. The van der Waals surface area contributed by atoms with Gasteiger partial charge in [0.2, 0.25) is 5.91 Å². The third-order valence-electron chi connectivity index (χ3n) is 6.20. The smallest absolute Gasteiger partial charge is 0.240 e. The molecule has 1 aromatic heterocycles. The minimum atomic E-state index is -3.06. The number of para-hydroxylation sites is 1. The summed E-state index contributed by atoms with van der Waals surface area (Å²) >= 11 is 6.17. The van der Waals surface area contributed by atoms with Crippen molar-refractivity contribution < 1.29 is 13.2 Å². The standard InChI is InChI=1S/C22H23ClN4O3S/c1-31(29,30)10-4-9-26-19-8-7-15(23)11-17(19)25-20(26)12-27-18-6-3-2-5-16(18)22(21(27)28)13-24-14-22/h2-3,5-8,11,24H,4,9-10,12-14H2,1H3. The molecule has 1 N–H and O–H groups in total. The summed E-state index contributed by atoms with van der Waals surface area (Å²) in [7, 11) is -3.06. The summed E-state index contributed by atoms with van der Waals surface area (Å²) in [5, 5.41) is 3.83. The summed E-state index contributed by atoms with van der Waals surface area (Å²) in [5.41, 5.74) is 3.10. The van der Waals surface area contributed by atoms with Crippen molar-refractivity contribution >= 4 is 44.1 Å². The molecule has 9 heteroatoms. The number of imidazole rings is 1. The number of carbonyl (C=O) groups excluding carboxylic acids is 1. The molecule has 3 aromatic rings. The second-order valence-corrected chi connectivity index (χ2v) is 11.1. The molecule has 0 aliphatic carbocycles. The van der Waals surface area contributed by atoms with Gasteiger partial charge in [0, 0.05) is 36.6 Å². The fraction of sp³-hybridized carbons (Fsp3) is 0.364. The van der Waals surface area contributed by atoms with Crippen LogP contribution < -0.4 is 10.2 Å². The van der Waals surface area contributed by atoms with E-state index in [-0.39, 0.29) is 11.7 Å². The zero-order chi connectivity index (χ0) is 21.8. The summed E-state index contributed by atoms with van der Waals surface area (Å²) in [4.78, 5) is 20.0. The molecule has 2 aliphatic heterocycles. The average Bonchev–Trinajstić information content (AvgIpc) is 3.13. The predicted molar refractivity (Wildman–Crippen MR) is 121 cm³/mol. The van der Waals surface area contributed by atoms with Gasteiger partial charge in [0.15, 0.2) is 0 Å². The Hall–Kier alpha value is -2.42. The Morgan fingerprint density at radius 1 is 1.19 bits per heavy atom. The predicted octanol–water partition coefficient (Wildman–Crippen LogP) is 2.51. The minimum absolute atomic E-state index is 0.0835. The van der Waals surface area contributed by atoms with E-state index in [1.54, 1.807) is 12.1 Å². The van der Waals surface area contributed by atoms with Crippen molar-refractivity contribution in [2.24, 2.45) is 0 Å². The van der Waals surface area contributed by atoms with Crippen molar-refractivity contribution in [2.45, 2.75) is 24.9 Å². The van der Waals surface area contributed by atoms with Crippen LogP contribution in [0.25, 0.3) is 11.0 Å². The number of benzene rings is 2. The number of aryl methyl sites for hydroxylation is 1. The first-order chi connectivity index (χ1) is 14.8. The number of amides is 1. The highest BCUT2D eigenvalue weighted by atomic mass is 35.5. The van der Waals surface area contributed by atoms with Crippen molar-refractivity contribution in [3.05, 3.63) is 58.9 Å². The molecule has 162 valence electrons. The van der Waals surface area contributed by atoms with Crippen LogP contribution in [0.15, 0.2) is 42.5 Å². The number of rotatable bonds is 6. The molecule has 1 fully saturated rings. The minimum Gasteiger partial charge on any atom is -0.326 e. The zero-order valence-corrected chi connectivity index (χ0v) is 18.7. The fourth-order valence-electron chi connectivity index (χ4n) is 4.62. The zero-order valence-electron chi connectivity index (χ0n) is 17.1. The molecule has 0 radical (unpaired) electrons. The first-order valence-electron chi connectivity index (χ1n) is 10.2. The van der Waals surface area contributed by atoms with Gasteiger partial charge >= 0.3 is 0 Å². The molecule has 0 bridgehead atoms. The second-order valence-electron chi connectivity index (χ2n) is 8.39. The molecule has 1 amide bonds. The van der Waals surface area contributed by atoms with Gasteiger partial charge in [-0.1, -0.05) is 29.8 Å². The number of fused-ring (bicyclic) bond motifs is 3. The number of nitrogens with zero attached hydrogens (tertiary/aromatic N) is 3. The molecule has 5 rings (SSSR count). The van der Waals surface area contributed by atoms with E-state index in [0.717, 1.165) is 28.1 Å². The molecule has 2 aromatic carbocycles. The monoisotopic (exact) mass is 458 g/mol. The Kier molecular flexibility index (Phi) is 4.84. The van der Waals surface area contributed by atoms with Gasteiger partial charge in [-0.05, 0) is 36.2 Å². The van der Waals surface area contributed by atoms with Crippen LogP contribution in [0.2, 0.25) is 5.02 Å². The summed E-state index contributed by atoms with van der Waals surface area (Å²) < 4.78 is 25.3. The first kappa shape index (κ1) is 20.5. The molecular weight excluding hydrogens is 436 g/mol. The Morgan fingerprint density at radius 2 is 1.97 bits per heavy atom. The first-order valence-corrected chi connectivity index (χ1v) is 12.7. The Bertz CT molecular complexity index is 1300. The van der Waals surface area contributed by atoms with Crippen molar-refractivity contribution in [1.29, 1.82) is 0 Å². The lowest BCUT2D eigenvalue weighted by molar-refractivity contribution is -0.125. The lowest BCUT2D eigenvalue weighted by Gasteiger charge is -2.38. The summed E-state index contributed by atoms with van der Waals surface area (Å²) in [6.07, 6.45) is 1.71. The molecule has 2 aliphatic rings. The summed E-state index contributed by atoms with van der Waals surface area (Å²) in [5.74, 6) is 0.901. The van der Waals surface area contributed by atoms with E-state index >= 15 is 0 Å². The number of aromatic nitrogens is 2. The maximum atomic E-state index is 13.4. The van der Waals surface area contributed by atoms with Crippen molar-refractivity contribution in [3.8, 4) is 0 Å². The fourth-order valence-corrected chi connectivity index (χ4v) is 5.44. The molecule has 7 nitrogen and oxygen atoms in total. The number of anilines is 1. The van der Waals surface area contributed by atoms with Crippen molar-refractivity contribution in [1.82, 2.24) is 14.9 Å². The second kappa shape index (κ2) is 7.32. The molecule has 1 saturated heterocycles. The van der Waals surface area contributed by atoms with E-state index < -0.39 is 15.3 Å². The molecule has 0 saturated carbocycles. The third kappa shape index (κ3) is 3.43. The SMILES string of the molecule is CS(=O)(=O)CCCn1c(CN2C(=O)C3(CNC3)c3ccccc32)nc2cc(Cl)ccc21. The van der Waals surface area contributed by atoms with Crippen molar-refractivity contribution in [2.75, 3.05) is 30.0 Å². The normalized spacial score (nSPS) is 17.4. The number of sulfone groups is 1. The van der Waals surface area contributed by atoms with Crippen molar-refractivity contribution in [3.63, 3.8) is 0 Å². The van der Waals surface area contributed by atoms with Gasteiger partial charge in [-0.3, -0.25) is 4.79 Å². The number of hydrogen-bond donors (Lipinski definition) is 1. The molecule has 3 heterocycles. The van der Waals surface area contributed by atoms with E-state index in [4.69, 9.17) is 16.6 Å². The van der Waals surface area contributed by atoms with E-state index in [9.17, 15) is 13.2 Å². The van der Waals surface area contributed by atoms with E-state index in [0.29, 0.717) is 37.6 Å². The Balaban J connectivity index is 1.53. The lowest BCUT2D eigenvalue weighted by atomic mass is 9.76. The van der Waals surface area contributed by atoms with Crippen LogP contribution in [-0.4, -0.2) is 49.0 Å². The Labute approximate surface area is 185 Å². The third-order valence-corrected chi connectivity index (χ3v) is 7.47. The van der Waals surface area contributed by atoms with Gasteiger partial charge in [0.25, 0.3) is 0 Å². The Morgan fingerprint density at radius 3 is 2.68 bits per heavy atom. The highest BCUT2D eigenvalue weighted by molar-refractivity contribution is 7.90. The maximum Gasteiger partial charge on any atom is 0.240 e. The molecule has 1 spiro atoms. The highest BCUT2D eigenvalue weighted by Gasteiger charge is 2.54. The van der Waals surface area contributed by atoms with Crippen LogP contribution in [-0.2, 0) is 33.1 Å². The summed E-state index contributed by atoms with van der Waals surface area (Å²) in [6.45, 7) is 2.10. The summed E-state index contributed by atoms with van der Waals surface area (Å²) in [6, 6.07) is 13.4. The van der Waals surface area contributed by atoms with Crippen LogP contribution in [0.3, 0.4) is 0 Å². The van der Waals surface area contributed by atoms with Gasteiger partial charge in [0.05, 0.1) is 23.3 Å². The quantitative estimate of drug-likeness (QED) is 0.613.